The third-order valence-corrected chi connectivity index (χ3v) is 5.35. The average molecular weight is 314 g/mol. The molecule has 0 spiro atoms. The maximum Gasteiger partial charge on any atom is 0.220 e. The van der Waals surface area contributed by atoms with Crippen molar-refractivity contribution in [3.63, 3.8) is 0 Å². The average Bonchev–Trinajstić information content (AvgIpc) is 2.83. The van der Waals surface area contributed by atoms with Crippen LogP contribution in [0.25, 0.3) is 0 Å². The molecule has 0 radical (unpaired) electrons. The van der Waals surface area contributed by atoms with Crippen LogP contribution in [0, 0.1) is 6.92 Å². The molecule has 1 aliphatic rings. The van der Waals surface area contributed by atoms with Gasteiger partial charge in [0.2, 0.25) is 5.91 Å². The van der Waals surface area contributed by atoms with Crippen molar-refractivity contribution in [1.29, 1.82) is 0 Å². The van der Waals surface area contributed by atoms with E-state index in [9.17, 15) is 9.90 Å². The Morgan fingerprint density at radius 3 is 2.90 bits per heavy atom. The highest BCUT2D eigenvalue weighted by Gasteiger charge is 2.29. The molecule has 0 atom stereocenters. The number of carbonyl (C=O) groups is 1. The van der Waals surface area contributed by atoms with Crippen molar-refractivity contribution < 1.29 is 9.90 Å². The summed E-state index contributed by atoms with van der Waals surface area (Å²) in [5.41, 5.74) is 0.385. The molecule has 6 heteroatoms. The molecule has 1 aromatic heterocycles. The number of carbonyl (C=O) groups excluding carboxylic acids is 1. The minimum absolute atomic E-state index is 0.0311. The van der Waals surface area contributed by atoms with Crippen molar-refractivity contribution in [2.24, 2.45) is 0 Å². The van der Waals surface area contributed by atoms with Gasteiger partial charge in [-0.1, -0.05) is 0 Å². The third-order valence-electron chi connectivity index (χ3n) is 3.54. The van der Waals surface area contributed by atoms with Crippen LogP contribution in [0.4, 0.5) is 0 Å². The first-order chi connectivity index (χ1) is 9.57. The molecule has 0 bridgehead atoms. The zero-order chi connectivity index (χ0) is 14.4. The summed E-state index contributed by atoms with van der Waals surface area (Å²) in [5.74, 6) is 1.99. The molecule has 1 fully saturated rings. The maximum atomic E-state index is 11.8. The van der Waals surface area contributed by atoms with Crippen LogP contribution in [-0.2, 0) is 11.2 Å². The summed E-state index contributed by atoms with van der Waals surface area (Å²) in [4.78, 5) is 16.2. The highest BCUT2D eigenvalue weighted by Crippen LogP contribution is 2.26. The number of nitrogens with zero attached hydrogens (tertiary/aromatic N) is 1. The summed E-state index contributed by atoms with van der Waals surface area (Å²) in [7, 11) is 0. The molecule has 1 amide bonds. The van der Waals surface area contributed by atoms with Gasteiger partial charge in [-0.3, -0.25) is 4.79 Å². The van der Waals surface area contributed by atoms with E-state index in [1.54, 1.807) is 11.3 Å². The Balaban J connectivity index is 1.62. The Hall–Kier alpha value is -0.590. The smallest absolute Gasteiger partial charge is 0.220 e. The van der Waals surface area contributed by atoms with Gasteiger partial charge in [0, 0.05) is 18.3 Å². The van der Waals surface area contributed by atoms with Crippen molar-refractivity contribution in [3.05, 3.63) is 16.1 Å². The van der Waals surface area contributed by atoms with E-state index in [1.807, 2.05) is 18.7 Å². The van der Waals surface area contributed by atoms with Gasteiger partial charge in [-0.2, -0.15) is 11.8 Å². The summed E-state index contributed by atoms with van der Waals surface area (Å²) in [6, 6.07) is 0. The fourth-order valence-corrected chi connectivity index (χ4v) is 4.13. The van der Waals surface area contributed by atoms with Gasteiger partial charge in [0.1, 0.15) is 0 Å². The summed E-state index contributed by atoms with van der Waals surface area (Å²) >= 11 is 3.51. The van der Waals surface area contributed by atoms with Crippen molar-refractivity contribution in [3.8, 4) is 0 Å². The second-order valence-corrected chi connectivity index (χ2v) is 7.61. The third kappa shape index (κ3) is 5.07. The normalized spacial score (nSPS) is 17.9. The molecule has 2 heterocycles. The Bertz CT molecular complexity index is 442. The maximum absolute atomic E-state index is 11.8. The number of amides is 1. The second kappa shape index (κ2) is 7.43. The topological polar surface area (TPSA) is 62.2 Å². The lowest BCUT2D eigenvalue weighted by molar-refractivity contribution is -0.122. The first-order valence-corrected chi connectivity index (χ1v) is 9.09. The lowest BCUT2D eigenvalue weighted by Crippen LogP contribution is -2.45. The lowest BCUT2D eigenvalue weighted by atomic mass is 9.97. The van der Waals surface area contributed by atoms with E-state index in [2.05, 4.69) is 15.7 Å². The van der Waals surface area contributed by atoms with E-state index in [0.717, 1.165) is 47.9 Å². The molecule has 112 valence electrons. The number of nitrogens with one attached hydrogen (secondary N) is 1. The largest absolute Gasteiger partial charge is 0.388 e. The van der Waals surface area contributed by atoms with Crippen LogP contribution < -0.4 is 5.32 Å². The van der Waals surface area contributed by atoms with Crippen molar-refractivity contribution >= 4 is 29.0 Å². The molecule has 4 nitrogen and oxygen atoms in total. The van der Waals surface area contributed by atoms with Gasteiger partial charge >= 0.3 is 0 Å². The number of thioether (sulfide) groups is 1. The van der Waals surface area contributed by atoms with Crippen LogP contribution in [0.1, 0.15) is 36.4 Å². The number of aryl methyl sites for hydroxylation is 2. The number of thiazole rings is 1. The Morgan fingerprint density at radius 1 is 1.50 bits per heavy atom. The van der Waals surface area contributed by atoms with E-state index < -0.39 is 5.60 Å². The Labute approximate surface area is 128 Å². The van der Waals surface area contributed by atoms with Crippen LogP contribution in [0.2, 0.25) is 0 Å². The summed E-state index contributed by atoms with van der Waals surface area (Å²) in [6.07, 6.45) is 3.70. The number of aliphatic hydroxyl groups is 1. The van der Waals surface area contributed by atoms with Crippen LogP contribution in [0.3, 0.4) is 0 Å². The molecule has 2 N–H and O–H groups in total. The predicted octanol–water partition coefficient (Wildman–Crippen LogP) is 2.15. The van der Waals surface area contributed by atoms with Gasteiger partial charge < -0.3 is 10.4 Å². The molecule has 1 aliphatic heterocycles. The number of hydrogen-bond acceptors (Lipinski definition) is 5. The first-order valence-electron chi connectivity index (χ1n) is 7.05. The monoisotopic (exact) mass is 314 g/mol. The molecule has 0 aromatic carbocycles. The molecule has 1 aromatic rings. The lowest BCUT2D eigenvalue weighted by Gasteiger charge is -2.31. The zero-order valence-corrected chi connectivity index (χ0v) is 13.5. The molecule has 0 aliphatic carbocycles. The standard InChI is InChI=1S/C14H22N2O2S2/c1-11-16-12(9-20-11)3-2-4-13(17)15-10-14(18)5-7-19-8-6-14/h9,18H,2-8,10H2,1H3,(H,15,17). The van der Waals surface area contributed by atoms with Gasteiger partial charge in [0.05, 0.1) is 16.3 Å². The van der Waals surface area contributed by atoms with Gasteiger partial charge in [0.15, 0.2) is 0 Å². The van der Waals surface area contributed by atoms with E-state index >= 15 is 0 Å². The van der Waals surface area contributed by atoms with Crippen molar-refractivity contribution in [2.75, 3.05) is 18.1 Å². The second-order valence-electron chi connectivity index (χ2n) is 5.32. The van der Waals surface area contributed by atoms with Crippen LogP contribution in [0.15, 0.2) is 5.38 Å². The minimum atomic E-state index is -0.688. The molecule has 0 saturated carbocycles. The number of aromatic nitrogens is 1. The summed E-state index contributed by atoms with van der Waals surface area (Å²) in [6.45, 7) is 2.38. The zero-order valence-electron chi connectivity index (χ0n) is 11.9. The van der Waals surface area contributed by atoms with Gasteiger partial charge in [0.25, 0.3) is 0 Å². The number of rotatable bonds is 6. The molecular formula is C14H22N2O2S2. The van der Waals surface area contributed by atoms with Gasteiger partial charge in [-0.05, 0) is 44.1 Å². The van der Waals surface area contributed by atoms with E-state index in [4.69, 9.17) is 0 Å². The fraction of sp³-hybridized carbons (Fsp3) is 0.714. The van der Waals surface area contributed by atoms with Crippen LogP contribution in [0.5, 0.6) is 0 Å². The molecule has 0 unspecified atom stereocenters. The molecule has 1 saturated heterocycles. The van der Waals surface area contributed by atoms with E-state index in [0.29, 0.717) is 13.0 Å². The quantitative estimate of drug-likeness (QED) is 0.844. The van der Waals surface area contributed by atoms with Gasteiger partial charge in [-0.15, -0.1) is 11.3 Å². The fourth-order valence-electron chi connectivity index (χ4n) is 2.23. The van der Waals surface area contributed by atoms with Crippen LogP contribution in [-0.4, -0.2) is 39.6 Å². The van der Waals surface area contributed by atoms with Gasteiger partial charge in [-0.25, -0.2) is 4.98 Å². The molecule has 20 heavy (non-hydrogen) atoms. The number of hydrogen-bond donors (Lipinski definition) is 2. The first kappa shape index (κ1) is 15.8. The summed E-state index contributed by atoms with van der Waals surface area (Å²) < 4.78 is 0. The Kier molecular flexibility index (Phi) is 5.86. The minimum Gasteiger partial charge on any atom is -0.388 e. The SMILES string of the molecule is Cc1nc(CCCC(=O)NCC2(O)CCSCC2)cs1. The molecular weight excluding hydrogens is 292 g/mol. The van der Waals surface area contributed by atoms with Crippen molar-refractivity contribution in [1.82, 2.24) is 10.3 Å². The van der Waals surface area contributed by atoms with E-state index in [1.165, 1.54) is 0 Å². The van der Waals surface area contributed by atoms with E-state index in [-0.39, 0.29) is 5.91 Å². The highest BCUT2D eigenvalue weighted by molar-refractivity contribution is 7.99. The van der Waals surface area contributed by atoms with Crippen LogP contribution >= 0.6 is 23.1 Å². The summed E-state index contributed by atoms with van der Waals surface area (Å²) in [5, 5.41) is 16.3. The van der Waals surface area contributed by atoms with Crippen molar-refractivity contribution in [2.45, 2.75) is 44.6 Å². The Morgan fingerprint density at radius 2 is 2.25 bits per heavy atom. The highest BCUT2D eigenvalue weighted by atomic mass is 32.2. The predicted molar refractivity (Wildman–Crippen MR) is 84.3 cm³/mol. The molecule has 2 rings (SSSR count).